The Bertz CT molecular complexity index is 506. The van der Waals surface area contributed by atoms with E-state index in [0.717, 1.165) is 19.9 Å². The summed E-state index contributed by atoms with van der Waals surface area (Å²) < 4.78 is 0.967. The second-order valence-electron chi connectivity index (χ2n) is 3.34. The standard InChI is InChI=1S/C10H10BrN3OS/c1-6-8(3-9(11)16-6)10(15)14(2)7-4-12-13-5-7/h3-5H,1-2H3,(H,12,13). The normalized spacial score (nSPS) is 10.4. The van der Waals surface area contributed by atoms with Crippen molar-refractivity contribution < 1.29 is 4.79 Å². The molecule has 0 unspecified atom stereocenters. The monoisotopic (exact) mass is 299 g/mol. The molecule has 0 atom stereocenters. The number of halogens is 1. The molecule has 1 N–H and O–H groups in total. The Labute approximate surface area is 105 Å². The zero-order valence-corrected chi connectivity index (χ0v) is 11.2. The lowest BCUT2D eigenvalue weighted by Gasteiger charge is -2.14. The van der Waals surface area contributed by atoms with Crippen LogP contribution in [0.1, 0.15) is 15.2 Å². The third-order valence-corrected chi connectivity index (χ3v) is 3.85. The van der Waals surface area contributed by atoms with Crippen LogP contribution in [0.2, 0.25) is 0 Å². The molecule has 1 amide bonds. The van der Waals surface area contributed by atoms with Crippen molar-refractivity contribution in [2.24, 2.45) is 0 Å². The highest BCUT2D eigenvalue weighted by Gasteiger charge is 2.18. The Hall–Kier alpha value is -1.14. The van der Waals surface area contributed by atoms with E-state index >= 15 is 0 Å². The molecule has 2 aromatic heterocycles. The number of nitrogens with zero attached hydrogens (tertiary/aromatic N) is 2. The number of thiophene rings is 1. The van der Waals surface area contributed by atoms with E-state index in [1.54, 1.807) is 35.7 Å². The van der Waals surface area contributed by atoms with Gasteiger partial charge in [-0.25, -0.2) is 0 Å². The summed E-state index contributed by atoms with van der Waals surface area (Å²) in [6.45, 7) is 1.94. The first-order valence-corrected chi connectivity index (χ1v) is 6.23. The summed E-state index contributed by atoms with van der Waals surface area (Å²) in [5.41, 5.74) is 1.48. The van der Waals surface area contributed by atoms with Crippen LogP contribution in [0.5, 0.6) is 0 Å². The van der Waals surface area contributed by atoms with Crippen LogP contribution in [0.4, 0.5) is 5.69 Å². The molecule has 0 aliphatic rings. The number of aryl methyl sites for hydroxylation is 1. The molecular formula is C10H10BrN3OS. The highest BCUT2D eigenvalue weighted by Crippen LogP contribution is 2.27. The van der Waals surface area contributed by atoms with Gasteiger partial charge in [-0.1, -0.05) is 0 Å². The summed E-state index contributed by atoms with van der Waals surface area (Å²) >= 11 is 4.94. The predicted molar refractivity (Wildman–Crippen MR) is 68.1 cm³/mol. The Morgan fingerprint density at radius 1 is 1.62 bits per heavy atom. The van der Waals surface area contributed by atoms with E-state index in [2.05, 4.69) is 26.1 Å². The number of carbonyl (C=O) groups excluding carboxylic acids is 1. The predicted octanol–water partition coefficient (Wildman–Crippen LogP) is 2.82. The molecule has 0 spiro atoms. The van der Waals surface area contributed by atoms with Crippen LogP contribution in [0.25, 0.3) is 0 Å². The largest absolute Gasteiger partial charge is 0.308 e. The highest BCUT2D eigenvalue weighted by atomic mass is 79.9. The molecule has 0 aromatic carbocycles. The lowest BCUT2D eigenvalue weighted by Crippen LogP contribution is -2.25. The van der Waals surface area contributed by atoms with Gasteiger partial charge in [0.05, 0.1) is 21.2 Å². The second kappa shape index (κ2) is 4.39. The molecule has 2 heterocycles. The number of anilines is 1. The molecule has 0 saturated heterocycles. The summed E-state index contributed by atoms with van der Waals surface area (Å²) in [6.07, 6.45) is 3.31. The smallest absolute Gasteiger partial charge is 0.259 e. The fraction of sp³-hybridized carbons (Fsp3) is 0.200. The summed E-state index contributed by atoms with van der Waals surface area (Å²) in [6, 6.07) is 1.85. The molecule has 0 radical (unpaired) electrons. The van der Waals surface area contributed by atoms with Gasteiger partial charge in [0, 0.05) is 18.1 Å². The van der Waals surface area contributed by atoms with Crippen molar-refractivity contribution in [3.8, 4) is 0 Å². The Morgan fingerprint density at radius 2 is 2.38 bits per heavy atom. The van der Waals surface area contributed by atoms with E-state index in [9.17, 15) is 4.79 Å². The van der Waals surface area contributed by atoms with Crippen molar-refractivity contribution in [1.29, 1.82) is 0 Å². The summed E-state index contributed by atoms with van der Waals surface area (Å²) in [5, 5.41) is 6.51. The van der Waals surface area contributed by atoms with E-state index in [4.69, 9.17) is 0 Å². The quantitative estimate of drug-likeness (QED) is 0.927. The van der Waals surface area contributed by atoms with Gasteiger partial charge in [0.2, 0.25) is 0 Å². The number of aromatic amines is 1. The first kappa shape index (κ1) is 11.3. The number of H-pyrrole nitrogens is 1. The highest BCUT2D eigenvalue weighted by molar-refractivity contribution is 9.11. The number of hydrogen-bond donors (Lipinski definition) is 1. The van der Waals surface area contributed by atoms with Gasteiger partial charge in [-0.15, -0.1) is 11.3 Å². The number of nitrogens with one attached hydrogen (secondary N) is 1. The zero-order chi connectivity index (χ0) is 11.7. The Morgan fingerprint density at radius 3 is 2.88 bits per heavy atom. The maximum atomic E-state index is 12.1. The first-order valence-electron chi connectivity index (χ1n) is 4.62. The van der Waals surface area contributed by atoms with Gasteiger partial charge < -0.3 is 4.90 Å². The maximum absolute atomic E-state index is 12.1. The molecule has 4 nitrogen and oxygen atoms in total. The van der Waals surface area contributed by atoms with Crippen LogP contribution in [0.3, 0.4) is 0 Å². The molecule has 0 aliphatic heterocycles. The van der Waals surface area contributed by atoms with E-state index in [1.807, 2.05) is 13.0 Å². The van der Waals surface area contributed by atoms with Crippen molar-refractivity contribution in [2.75, 3.05) is 11.9 Å². The molecule has 2 rings (SSSR count). The molecule has 16 heavy (non-hydrogen) atoms. The number of carbonyl (C=O) groups is 1. The van der Waals surface area contributed by atoms with Gasteiger partial charge in [0.15, 0.2) is 0 Å². The van der Waals surface area contributed by atoms with Gasteiger partial charge >= 0.3 is 0 Å². The van der Waals surface area contributed by atoms with Crippen LogP contribution in [-0.2, 0) is 0 Å². The number of amides is 1. The first-order chi connectivity index (χ1) is 7.59. The topological polar surface area (TPSA) is 49.0 Å². The van der Waals surface area contributed by atoms with E-state index in [1.165, 1.54) is 0 Å². The number of hydrogen-bond acceptors (Lipinski definition) is 3. The molecular weight excluding hydrogens is 290 g/mol. The molecule has 2 aromatic rings. The van der Waals surface area contributed by atoms with Crippen molar-refractivity contribution in [3.63, 3.8) is 0 Å². The van der Waals surface area contributed by atoms with Gasteiger partial charge in [0.1, 0.15) is 0 Å². The average Bonchev–Trinajstić information content (AvgIpc) is 2.85. The maximum Gasteiger partial charge on any atom is 0.259 e. The summed E-state index contributed by atoms with van der Waals surface area (Å²) in [5.74, 6) is -0.0270. The molecule has 0 aliphatic carbocycles. The summed E-state index contributed by atoms with van der Waals surface area (Å²) in [7, 11) is 1.73. The molecule has 6 heteroatoms. The van der Waals surface area contributed by atoms with Crippen LogP contribution >= 0.6 is 27.3 Å². The van der Waals surface area contributed by atoms with Crippen molar-refractivity contribution in [1.82, 2.24) is 10.2 Å². The zero-order valence-electron chi connectivity index (χ0n) is 8.82. The number of rotatable bonds is 2. The molecule has 0 fully saturated rings. The third kappa shape index (κ3) is 2.03. The lowest BCUT2D eigenvalue weighted by molar-refractivity contribution is 0.0993. The molecule has 84 valence electrons. The number of aromatic nitrogens is 2. The van der Waals surface area contributed by atoms with Crippen LogP contribution in [0, 0.1) is 6.92 Å². The minimum absolute atomic E-state index is 0.0270. The van der Waals surface area contributed by atoms with Crippen molar-refractivity contribution in [3.05, 3.63) is 32.7 Å². The van der Waals surface area contributed by atoms with Crippen molar-refractivity contribution in [2.45, 2.75) is 6.92 Å². The minimum atomic E-state index is -0.0270. The van der Waals surface area contributed by atoms with E-state index in [0.29, 0.717) is 0 Å². The van der Waals surface area contributed by atoms with Gasteiger partial charge in [-0.05, 0) is 28.9 Å². The SMILES string of the molecule is Cc1sc(Br)cc1C(=O)N(C)c1cn[nH]c1. The Balaban J connectivity index is 2.29. The summed E-state index contributed by atoms with van der Waals surface area (Å²) in [4.78, 5) is 14.7. The average molecular weight is 300 g/mol. The minimum Gasteiger partial charge on any atom is -0.308 e. The lowest BCUT2D eigenvalue weighted by atomic mass is 10.2. The van der Waals surface area contributed by atoms with E-state index in [-0.39, 0.29) is 5.91 Å². The fourth-order valence-electron chi connectivity index (χ4n) is 1.38. The molecule has 0 saturated carbocycles. The third-order valence-electron chi connectivity index (χ3n) is 2.29. The van der Waals surface area contributed by atoms with Gasteiger partial charge in [0.25, 0.3) is 5.91 Å². The second-order valence-corrected chi connectivity index (χ2v) is 5.98. The fourth-order valence-corrected chi connectivity index (χ4v) is 3.07. The van der Waals surface area contributed by atoms with Crippen LogP contribution < -0.4 is 4.90 Å². The molecule has 0 bridgehead atoms. The van der Waals surface area contributed by atoms with Gasteiger partial charge in [-0.2, -0.15) is 5.10 Å². The van der Waals surface area contributed by atoms with Crippen LogP contribution in [0.15, 0.2) is 22.2 Å². The van der Waals surface area contributed by atoms with Crippen LogP contribution in [-0.4, -0.2) is 23.2 Å². The van der Waals surface area contributed by atoms with Crippen molar-refractivity contribution >= 4 is 38.9 Å². The Kier molecular flexibility index (Phi) is 3.11. The van der Waals surface area contributed by atoms with Gasteiger partial charge in [-0.3, -0.25) is 9.89 Å². The van der Waals surface area contributed by atoms with E-state index < -0.39 is 0 Å².